The molecule has 0 spiro atoms. The van der Waals surface area contributed by atoms with Gasteiger partial charge in [0.1, 0.15) is 0 Å². The van der Waals surface area contributed by atoms with Crippen molar-refractivity contribution >= 4 is 15.9 Å². The minimum absolute atomic E-state index is 0.153. The zero-order valence-corrected chi connectivity index (χ0v) is 11.4. The first-order chi connectivity index (χ1) is 8.90. The molecule has 0 unspecified atom stereocenters. The summed E-state index contributed by atoms with van der Waals surface area (Å²) in [4.78, 5) is 10.9. The Labute approximate surface area is 112 Å². The number of sulfonamides is 1. The van der Waals surface area contributed by atoms with Gasteiger partial charge >= 0.3 is 0 Å². The van der Waals surface area contributed by atoms with Crippen molar-refractivity contribution in [1.82, 2.24) is 4.31 Å². The van der Waals surface area contributed by atoms with Crippen molar-refractivity contribution in [3.05, 3.63) is 35.4 Å². The molecular formula is C12H15N3O3S. The van der Waals surface area contributed by atoms with Gasteiger partial charge < -0.3 is 5.73 Å². The molecule has 7 heteroatoms. The molecule has 0 aromatic heterocycles. The van der Waals surface area contributed by atoms with E-state index in [2.05, 4.69) is 0 Å². The fraction of sp³-hybridized carbons (Fsp3) is 0.333. The minimum atomic E-state index is -3.67. The quantitative estimate of drug-likeness (QED) is 0.803. The standard InChI is InChI=1S/C12H15N3O3S/c1-2-15(8-12(14)16)19(17,18)9-11-6-4-3-5-10(11)7-13/h3-6H,2,8-9H2,1H3,(H2,14,16). The first-order valence-electron chi connectivity index (χ1n) is 5.65. The number of primary amides is 1. The van der Waals surface area contributed by atoms with Crippen molar-refractivity contribution < 1.29 is 13.2 Å². The van der Waals surface area contributed by atoms with Crippen LogP contribution in [0.2, 0.25) is 0 Å². The number of carbonyl (C=O) groups excluding carboxylic acids is 1. The van der Waals surface area contributed by atoms with Gasteiger partial charge in [0.25, 0.3) is 0 Å². The second kappa shape index (κ2) is 6.31. The second-order valence-corrected chi connectivity index (χ2v) is 5.89. The third kappa shape index (κ3) is 4.05. The zero-order valence-electron chi connectivity index (χ0n) is 10.5. The summed E-state index contributed by atoms with van der Waals surface area (Å²) in [5, 5.41) is 8.92. The maximum atomic E-state index is 12.1. The van der Waals surface area contributed by atoms with Crippen LogP contribution in [0.1, 0.15) is 18.1 Å². The Hall–Kier alpha value is -1.91. The predicted molar refractivity (Wildman–Crippen MR) is 70.2 cm³/mol. The van der Waals surface area contributed by atoms with Gasteiger partial charge in [-0.15, -0.1) is 0 Å². The Morgan fingerprint density at radius 2 is 2.05 bits per heavy atom. The lowest BCUT2D eigenvalue weighted by molar-refractivity contribution is -0.118. The largest absolute Gasteiger partial charge is 0.369 e. The first-order valence-corrected chi connectivity index (χ1v) is 7.25. The number of hydrogen-bond acceptors (Lipinski definition) is 4. The maximum absolute atomic E-state index is 12.1. The third-order valence-electron chi connectivity index (χ3n) is 2.55. The molecule has 0 aliphatic heterocycles. The van der Waals surface area contributed by atoms with E-state index in [1.54, 1.807) is 31.2 Å². The normalized spacial score (nSPS) is 11.2. The van der Waals surface area contributed by atoms with Gasteiger partial charge in [-0.2, -0.15) is 9.57 Å². The molecule has 6 nitrogen and oxygen atoms in total. The lowest BCUT2D eigenvalue weighted by Crippen LogP contribution is -2.38. The minimum Gasteiger partial charge on any atom is -0.369 e. The van der Waals surface area contributed by atoms with Gasteiger partial charge in [0.05, 0.1) is 23.9 Å². The van der Waals surface area contributed by atoms with Gasteiger partial charge in [0.15, 0.2) is 0 Å². The highest BCUT2D eigenvalue weighted by atomic mass is 32.2. The van der Waals surface area contributed by atoms with E-state index in [0.29, 0.717) is 11.1 Å². The van der Waals surface area contributed by atoms with Gasteiger partial charge in [0.2, 0.25) is 15.9 Å². The SMILES string of the molecule is CCN(CC(N)=O)S(=O)(=O)Cc1ccccc1C#N. The average Bonchev–Trinajstić information content (AvgIpc) is 2.35. The number of rotatable bonds is 6. The van der Waals surface area contributed by atoms with Crippen molar-refractivity contribution in [2.24, 2.45) is 5.73 Å². The Kier molecular flexibility index (Phi) is 5.03. The summed E-state index contributed by atoms with van der Waals surface area (Å²) in [5.74, 6) is -1.03. The number of carbonyl (C=O) groups is 1. The topological polar surface area (TPSA) is 104 Å². The highest BCUT2D eigenvalue weighted by Crippen LogP contribution is 2.14. The third-order valence-corrected chi connectivity index (χ3v) is 4.40. The van der Waals surface area contributed by atoms with E-state index in [9.17, 15) is 13.2 Å². The molecule has 19 heavy (non-hydrogen) atoms. The van der Waals surface area contributed by atoms with Crippen molar-refractivity contribution in [3.8, 4) is 6.07 Å². The highest BCUT2D eigenvalue weighted by Gasteiger charge is 2.23. The molecule has 0 radical (unpaired) electrons. The molecule has 0 saturated carbocycles. The van der Waals surface area contributed by atoms with Gasteiger partial charge in [-0.05, 0) is 11.6 Å². The highest BCUT2D eigenvalue weighted by molar-refractivity contribution is 7.88. The predicted octanol–water partition coefficient (Wildman–Crippen LogP) is 0.195. The fourth-order valence-corrected chi connectivity index (χ4v) is 3.17. The molecule has 1 aromatic carbocycles. The van der Waals surface area contributed by atoms with Gasteiger partial charge in [-0.25, -0.2) is 8.42 Å². The number of nitrogens with zero attached hydrogens (tertiary/aromatic N) is 2. The van der Waals surface area contributed by atoms with Crippen LogP contribution in [0.3, 0.4) is 0 Å². The van der Waals surface area contributed by atoms with Crippen LogP contribution in [0.25, 0.3) is 0 Å². The van der Waals surface area contributed by atoms with Crippen LogP contribution in [0, 0.1) is 11.3 Å². The van der Waals surface area contributed by atoms with Crippen LogP contribution < -0.4 is 5.73 Å². The molecule has 1 rings (SSSR count). The lowest BCUT2D eigenvalue weighted by atomic mass is 10.1. The lowest BCUT2D eigenvalue weighted by Gasteiger charge is -2.19. The number of nitrogens with two attached hydrogens (primary N) is 1. The molecule has 1 amide bonds. The van der Waals surface area contributed by atoms with Crippen LogP contribution in [0.4, 0.5) is 0 Å². The van der Waals surface area contributed by atoms with E-state index < -0.39 is 15.9 Å². The molecule has 0 saturated heterocycles. The van der Waals surface area contributed by atoms with E-state index >= 15 is 0 Å². The van der Waals surface area contributed by atoms with Gasteiger partial charge in [-0.1, -0.05) is 25.1 Å². The summed E-state index contributed by atoms with van der Waals surface area (Å²) in [6.07, 6.45) is 0. The molecular weight excluding hydrogens is 266 g/mol. The van der Waals surface area contributed by atoms with Gasteiger partial charge in [-0.3, -0.25) is 4.79 Å². The van der Waals surface area contributed by atoms with E-state index in [0.717, 1.165) is 4.31 Å². The number of benzene rings is 1. The summed E-state index contributed by atoms with van der Waals surface area (Å²) >= 11 is 0. The summed E-state index contributed by atoms with van der Waals surface area (Å²) in [7, 11) is -3.67. The summed E-state index contributed by atoms with van der Waals surface area (Å²) in [5.41, 5.74) is 5.73. The number of nitriles is 1. The van der Waals surface area contributed by atoms with E-state index in [4.69, 9.17) is 11.0 Å². The zero-order chi connectivity index (χ0) is 14.5. The molecule has 0 bridgehead atoms. The average molecular weight is 281 g/mol. The fourth-order valence-electron chi connectivity index (χ4n) is 1.62. The maximum Gasteiger partial charge on any atom is 0.232 e. The van der Waals surface area contributed by atoms with Crippen LogP contribution in [-0.2, 0) is 20.6 Å². The molecule has 1 aromatic rings. The molecule has 2 N–H and O–H groups in total. The molecule has 0 atom stereocenters. The van der Waals surface area contributed by atoms with Crippen LogP contribution >= 0.6 is 0 Å². The van der Waals surface area contributed by atoms with Crippen LogP contribution in [-0.4, -0.2) is 31.7 Å². The smallest absolute Gasteiger partial charge is 0.232 e. The van der Waals surface area contributed by atoms with Crippen molar-refractivity contribution in [3.63, 3.8) is 0 Å². The van der Waals surface area contributed by atoms with Crippen LogP contribution in [0.5, 0.6) is 0 Å². The first kappa shape index (κ1) is 15.1. The van der Waals surface area contributed by atoms with Crippen molar-refractivity contribution in [1.29, 1.82) is 5.26 Å². The van der Waals surface area contributed by atoms with Crippen LogP contribution in [0.15, 0.2) is 24.3 Å². The molecule has 0 aliphatic rings. The summed E-state index contributed by atoms with van der Waals surface area (Å²) in [6, 6.07) is 8.39. The second-order valence-electron chi connectivity index (χ2n) is 3.92. The molecule has 0 fully saturated rings. The Morgan fingerprint density at radius 3 is 2.58 bits per heavy atom. The van der Waals surface area contributed by atoms with Crippen molar-refractivity contribution in [2.75, 3.05) is 13.1 Å². The Morgan fingerprint density at radius 1 is 1.42 bits per heavy atom. The molecule has 0 heterocycles. The summed E-state index contributed by atoms with van der Waals surface area (Å²) < 4.78 is 25.3. The Bertz CT molecular complexity index is 605. The van der Waals surface area contributed by atoms with Crippen molar-refractivity contribution in [2.45, 2.75) is 12.7 Å². The van der Waals surface area contributed by atoms with Gasteiger partial charge in [0, 0.05) is 6.54 Å². The van der Waals surface area contributed by atoms with E-state index in [1.807, 2.05) is 6.07 Å². The molecule has 102 valence electrons. The Balaban J connectivity index is 3.02. The monoisotopic (exact) mass is 281 g/mol. The number of hydrogen-bond donors (Lipinski definition) is 1. The number of amides is 1. The van der Waals surface area contributed by atoms with E-state index in [-0.39, 0.29) is 18.8 Å². The van der Waals surface area contributed by atoms with E-state index in [1.165, 1.54) is 0 Å². The molecule has 0 aliphatic carbocycles. The number of likely N-dealkylation sites (N-methyl/N-ethyl adjacent to an activating group) is 1. The summed E-state index contributed by atoms with van der Waals surface area (Å²) in [6.45, 7) is 1.42.